The number of hydrogen-bond acceptors (Lipinski definition) is 0. The first kappa shape index (κ1) is 36.2. The van der Waals surface area contributed by atoms with Gasteiger partial charge in [0.05, 0.1) is 0 Å². The van der Waals surface area contributed by atoms with Crippen molar-refractivity contribution in [2.45, 2.75) is 133 Å². The molecule has 217 valence electrons. The lowest BCUT2D eigenvalue weighted by atomic mass is 10.1. The van der Waals surface area contributed by atoms with Crippen molar-refractivity contribution >= 4 is 62.4 Å². The maximum absolute atomic E-state index is 4.43. The van der Waals surface area contributed by atoms with E-state index in [2.05, 4.69) is 155 Å². The Bertz CT molecular complexity index is 881. The van der Waals surface area contributed by atoms with Crippen LogP contribution in [0.25, 0.3) is 0 Å². The van der Waals surface area contributed by atoms with Gasteiger partial charge in [0.1, 0.15) is 8.80 Å². The molecular formula is C31H65Si7. The summed E-state index contributed by atoms with van der Waals surface area (Å²) >= 11 is 0. The zero-order valence-corrected chi connectivity index (χ0v) is 36.0. The van der Waals surface area contributed by atoms with Gasteiger partial charge in [-0.3, -0.25) is 0 Å². The molecule has 0 aliphatic rings. The Labute approximate surface area is 247 Å². The molecule has 0 fully saturated rings. The summed E-state index contributed by atoms with van der Waals surface area (Å²) in [6, 6.07) is 5.62. The third-order valence-corrected chi connectivity index (χ3v) is 38.0. The summed E-state index contributed by atoms with van der Waals surface area (Å²) in [6.45, 7) is 56.4. The van der Waals surface area contributed by atoms with Gasteiger partial charge in [0, 0.05) is 48.4 Å². The van der Waals surface area contributed by atoms with Gasteiger partial charge in [0.15, 0.2) is 0 Å². The Morgan fingerprint density at radius 1 is 0.474 bits per heavy atom. The first-order valence-corrected chi connectivity index (χ1v) is 38.0. The lowest BCUT2D eigenvalue weighted by Gasteiger charge is -2.46. The van der Waals surface area contributed by atoms with E-state index in [1.54, 1.807) is 21.9 Å². The minimum Gasteiger partial charge on any atom is -0.106 e. The second-order valence-electron chi connectivity index (χ2n) is 18.4. The summed E-state index contributed by atoms with van der Waals surface area (Å²) in [4.78, 5) is 0. The molecule has 0 nitrogen and oxygen atoms in total. The molecule has 0 aliphatic heterocycles. The Morgan fingerprint density at radius 3 is 0.895 bits per heavy atom. The monoisotopic (exact) mass is 633 g/mol. The van der Waals surface area contributed by atoms with E-state index in [-0.39, 0.29) is 0 Å². The molecule has 0 amide bonds. The Kier molecular flexibility index (Phi) is 11.3. The van der Waals surface area contributed by atoms with Crippen molar-refractivity contribution < 1.29 is 0 Å². The Balaban J connectivity index is 4.68. The molecule has 1 aromatic rings. The summed E-state index contributed by atoms with van der Waals surface area (Å²) in [5.74, 6) is 0. The zero-order valence-electron chi connectivity index (χ0n) is 29.0. The third-order valence-electron chi connectivity index (χ3n) is 8.10. The molecule has 0 heterocycles. The van der Waals surface area contributed by atoms with Crippen molar-refractivity contribution in [3.63, 3.8) is 0 Å². The SMILES string of the molecule is C=C[Si](C=C)c1c(C([Si](C)(C)C)[Si](C)(C)C)cc(C([Si](C)(C)C)[Si](C)(C)C)cc1C([Si](C)(C)C)[Si](C)(C)C. The average Bonchev–Trinajstić information content (AvgIpc) is 2.57. The van der Waals surface area contributed by atoms with Crippen LogP contribution in [-0.2, 0) is 0 Å². The summed E-state index contributed by atoms with van der Waals surface area (Å²) in [5, 5.41) is 3.95. The largest absolute Gasteiger partial charge is 0.138 e. The van der Waals surface area contributed by atoms with E-state index in [0.29, 0.717) is 0 Å². The average molecular weight is 634 g/mol. The predicted molar refractivity (Wildman–Crippen MR) is 201 cm³/mol. The fraction of sp³-hybridized carbons (Fsp3) is 0.677. The number of benzene rings is 1. The number of rotatable bonds is 12. The van der Waals surface area contributed by atoms with Crippen LogP contribution in [0.2, 0.25) is 118 Å². The molecular weight excluding hydrogens is 569 g/mol. The third kappa shape index (κ3) is 8.61. The molecule has 38 heavy (non-hydrogen) atoms. The quantitative estimate of drug-likeness (QED) is 0.201. The van der Waals surface area contributed by atoms with Crippen molar-refractivity contribution in [2.75, 3.05) is 0 Å². The van der Waals surface area contributed by atoms with E-state index < -0.39 is 57.2 Å². The van der Waals surface area contributed by atoms with Gasteiger partial charge in [0.25, 0.3) is 0 Å². The van der Waals surface area contributed by atoms with E-state index >= 15 is 0 Å². The molecule has 0 saturated heterocycles. The van der Waals surface area contributed by atoms with Crippen LogP contribution in [-0.4, -0.2) is 57.2 Å². The van der Waals surface area contributed by atoms with Crippen LogP contribution in [0.4, 0.5) is 0 Å². The van der Waals surface area contributed by atoms with Crippen molar-refractivity contribution in [1.29, 1.82) is 0 Å². The summed E-state index contributed by atoms with van der Waals surface area (Å²) in [5.41, 5.74) is 9.82. The van der Waals surface area contributed by atoms with Gasteiger partial charge in [-0.2, -0.15) is 0 Å². The van der Waals surface area contributed by atoms with Crippen LogP contribution in [0, 0.1) is 0 Å². The maximum Gasteiger partial charge on any atom is 0.138 e. The van der Waals surface area contributed by atoms with Crippen LogP contribution in [0.3, 0.4) is 0 Å². The van der Waals surface area contributed by atoms with E-state index in [4.69, 9.17) is 0 Å². The lowest BCUT2D eigenvalue weighted by Crippen LogP contribution is -2.54. The standard InChI is InChI=1S/C31H65Si7/c1-21-32(22-2)28-26(30(35(9,10)11)36(12,13)14)23-25(29(33(3,4)5)34(6,7)8)24-27(28)31(37(15,16)17)38(18,19)20/h21-24,29-31H,1-2H2,3-20H3. The van der Waals surface area contributed by atoms with Crippen LogP contribution in [0.5, 0.6) is 0 Å². The van der Waals surface area contributed by atoms with Gasteiger partial charge >= 0.3 is 0 Å². The Hall–Kier alpha value is 0.218. The normalized spacial score (nSPS) is 14.7. The summed E-state index contributed by atoms with van der Waals surface area (Å²) < 4.78 is 0. The zero-order chi connectivity index (χ0) is 30.4. The van der Waals surface area contributed by atoms with Crippen LogP contribution in [0.1, 0.15) is 32.2 Å². The number of hydrogen-bond donors (Lipinski definition) is 0. The van der Waals surface area contributed by atoms with Gasteiger partial charge in [0.2, 0.25) is 0 Å². The van der Waals surface area contributed by atoms with Gasteiger partial charge < -0.3 is 0 Å². The molecule has 1 radical (unpaired) electrons. The van der Waals surface area contributed by atoms with E-state index in [1.165, 1.54) is 0 Å². The van der Waals surface area contributed by atoms with Gasteiger partial charge in [-0.25, -0.2) is 0 Å². The smallest absolute Gasteiger partial charge is 0.106 e. The van der Waals surface area contributed by atoms with Gasteiger partial charge in [-0.15, -0.1) is 13.2 Å². The second-order valence-corrected chi connectivity index (χ2v) is 54.2. The highest BCUT2D eigenvalue weighted by Crippen LogP contribution is 2.44. The van der Waals surface area contributed by atoms with E-state index in [9.17, 15) is 0 Å². The highest BCUT2D eigenvalue weighted by Gasteiger charge is 2.46. The Morgan fingerprint density at radius 2 is 0.711 bits per heavy atom. The van der Waals surface area contributed by atoms with Crippen LogP contribution in [0.15, 0.2) is 36.7 Å². The molecule has 0 bridgehead atoms. The minimum absolute atomic E-state index is 0.733. The highest BCUT2D eigenvalue weighted by atomic mass is 28.4. The molecule has 0 aliphatic carbocycles. The molecule has 1 aromatic carbocycles. The van der Waals surface area contributed by atoms with Crippen LogP contribution < -0.4 is 5.19 Å². The predicted octanol–water partition coefficient (Wildman–Crippen LogP) is 10.4. The molecule has 0 aromatic heterocycles. The summed E-state index contributed by atoms with van der Waals surface area (Å²) in [6.07, 6.45) is 0. The fourth-order valence-corrected chi connectivity index (χ4v) is 49.1. The maximum atomic E-state index is 4.43. The van der Waals surface area contributed by atoms with E-state index in [0.717, 1.165) is 15.5 Å². The molecule has 0 unspecified atom stereocenters. The van der Waals surface area contributed by atoms with Crippen molar-refractivity contribution in [3.8, 4) is 0 Å². The first-order chi connectivity index (χ1) is 16.6. The molecule has 0 atom stereocenters. The fourth-order valence-electron chi connectivity index (χ4n) is 8.72. The molecule has 0 spiro atoms. The molecule has 0 N–H and O–H groups in total. The topological polar surface area (TPSA) is 0 Å². The molecule has 7 heteroatoms. The van der Waals surface area contributed by atoms with Crippen molar-refractivity contribution in [1.82, 2.24) is 0 Å². The molecule has 0 saturated carbocycles. The van der Waals surface area contributed by atoms with Gasteiger partial charge in [-0.1, -0.05) is 141 Å². The lowest BCUT2D eigenvalue weighted by molar-refractivity contribution is 1.10. The second kappa shape index (κ2) is 11.8. The van der Waals surface area contributed by atoms with Crippen LogP contribution >= 0.6 is 0 Å². The van der Waals surface area contributed by atoms with Crippen molar-refractivity contribution in [2.24, 2.45) is 0 Å². The van der Waals surface area contributed by atoms with Gasteiger partial charge in [-0.05, 0) is 37.4 Å². The molecule has 1 rings (SSSR count). The highest BCUT2D eigenvalue weighted by molar-refractivity contribution is 6.99. The van der Waals surface area contributed by atoms with Crippen molar-refractivity contribution in [3.05, 3.63) is 53.4 Å². The summed E-state index contributed by atoms with van der Waals surface area (Å²) in [7, 11) is -10.00. The van der Waals surface area contributed by atoms with E-state index in [1.807, 2.05) is 0 Å². The minimum atomic E-state index is -1.51. The first-order valence-electron chi connectivity index (χ1n) is 14.9.